The van der Waals surface area contributed by atoms with E-state index in [2.05, 4.69) is 41.2 Å². The van der Waals surface area contributed by atoms with Gasteiger partial charge >= 0.3 is 0 Å². The van der Waals surface area contributed by atoms with Crippen LogP contribution in [0.5, 0.6) is 0 Å². The minimum atomic E-state index is 0.295. The molecule has 2 N–H and O–H groups in total. The van der Waals surface area contributed by atoms with Crippen molar-refractivity contribution in [1.82, 2.24) is 14.7 Å². The maximum absolute atomic E-state index is 6.17. The standard InChI is InChI=1S/C15H22N4/c1-11-7-8-19(9-13(11)16)10-14-12-5-3-4-6-15(12)18(2)17-14/h3-6,11,13H,7-10,16H2,1-2H3. The summed E-state index contributed by atoms with van der Waals surface area (Å²) in [5.74, 6) is 0.636. The summed E-state index contributed by atoms with van der Waals surface area (Å²) in [7, 11) is 2.01. The minimum absolute atomic E-state index is 0.295. The number of nitrogens with two attached hydrogens (primary N) is 1. The second-order valence-electron chi connectivity index (χ2n) is 5.75. The molecule has 0 amide bonds. The van der Waals surface area contributed by atoms with Crippen LogP contribution in [0.15, 0.2) is 24.3 Å². The maximum Gasteiger partial charge on any atom is 0.0843 e. The second kappa shape index (κ2) is 4.94. The molecule has 1 aliphatic rings. The zero-order chi connectivity index (χ0) is 13.4. The third-order valence-electron chi connectivity index (χ3n) is 4.31. The molecule has 4 nitrogen and oxygen atoms in total. The molecule has 1 fully saturated rings. The lowest BCUT2D eigenvalue weighted by atomic mass is 9.94. The molecule has 3 rings (SSSR count). The molecule has 0 bridgehead atoms. The van der Waals surface area contributed by atoms with Crippen LogP contribution in [0.4, 0.5) is 0 Å². The Kier molecular flexibility index (Phi) is 3.29. The molecule has 19 heavy (non-hydrogen) atoms. The Morgan fingerprint density at radius 3 is 2.95 bits per heavy atom. The number of likely N-dealkylation sites (tertiary alicyclic amines) is 1. The van der Waals surface area contributed by atoms with Crippen LogP contribution in [0.2, 0.25) is 0 Å². The molecule has 1 aromatic carbocycles. The second-order valence-corrected chi connectivity index (χ2v) is 5.75. The summed E-state index contributed by atoms with van der Waals surface area (Å²) >= 11 is 0. The summed E-state index contributed by atoms with van der Waals surface area (Å²) in [5.41, 5.74) is 8.54. The van der Waals surface area contributed by atoms with Gasteiger partial charge in [0.05, 0.1) is 11.2 Å². The van der Waals surface area contributed by atoms with Crippen molar-refractivity contribution in [3.8, 4) is 0 Å². The Hall–Kier alpha value is -1.39. The topological polar surface area (TPSA) is 47.1 Å². The summed E-state index contributed by atoms with van der Waals surface area (Å²) in [6.45, 7) is 5.26. The van der Waals surface area contributed by atoms with Crippen LogP contribution in [0.3, 0.4) is 0 Å². The van der Waals surface area contributed by atoms with E-state index < -0.39 is 0 Å². The van der Waals surface area contributed by atoms with Crippen LogP contribution in [0.1, 0.15) is 19.0 Å². The summed E-state index contributed by atoms with van der Waals surface area (Å²) in [6, 6.07) is 8.72. The van der Waals surface area contributed by atoms with Crippen molar-refractivity contribution in [2.75, 3.05) is 13.1 Å². The van der Waals surface area contributed by atoms with Gasteiger partial charge in [0.1, 0.15) is 0 Å². The number of para-hydroxylation sites is 1. The number of rotatable bonds is 2. The molecule has 1 saturated heterocycles. The van der Waals surface area contributed by atoms with Gasteiger partial charge in [0.25, 0.3) is 0 Å². The number of nitrogens with zero attached hydrogens (tertiary/aromatic N) is 3. The molecule has 102 valence electrons. The summed E-state index contributed by atoms with van der Waals surface area (Å²) in [6.07, 6.45) is 1.19. The van der Waals surface area contributed by atoms with E-state index in [-0.39, 0.29) is 0 Å². The van der Waals surface area contributed by atoms with E-state index in [9.17, 15) is 0 Å². The Morgan fingerprint density at radius 2 is 2.16 bits per heavy atom. The fraction of sp³-hybridized carbons (Fsp3) is 0.533. The van der Waals surface area contributed by atoms with E-state index >= 15 is 0 Å². The Morgan fingerprint density at radius 1 is 1.37 bits per heavy atom. The van der Waals surface area contributed by atoms with Crippen molar-refractivity contribution in [3.63, 3.8) is 0 Å². The Labute approximate surface area is 114 Å². The molecule has 0 aliphatic carbocycles. The fourth-order valence-corrected chi connectivity index (χ4v) is 2.93. The predicted molar refractivity (Wildman–Crippen MR) is 77.7 cm³/mol. The van der Waals surface area contributed by atoms with Crippen molar-refractivity contribution in [2.24, 2.45) is 18.7 Å². The van der Waals surface area contributed by atoms with E-state index in [1.54, 1.807) is 0 Å². The lowest BCUT2D eigenvalue weighted by Gasteiger charge is -2.34. The van der Waals surface area contributed by atoms with Gasteiger partial charge in [-0.05, 0) is 24.9 Å². The van der Waals surface area contributed by atoms with Crippen LogP contribution in [0, 0.1) is 5.92 Å². The number of benzene rings is 1. The average molecular weight is 258 g/mol. The number of aromatic nitrogens is 2. The number of hydrogen-bond acceptors (Lipinski definition) is 3. The van der Waals surface area contributed by atoms with E-state index in [1.807, 2.05) is 11.7 Å². The largest absolute Gasteiger partial charge is 0.326 e. The van der Waals surface area contributed by atoms with Crippen molar-refractivity contribution in [2.45, 2.75) is 25.9 Å². The first-order valence-electron chi connectivity index (χ1n) is 7.03. The van der Waals surface area contributed by atoms with Crippen molar-refractivity contribution >= 4 is 10.9 Å². The first-order chi connectivity index (χ1) is 9.15. The van der Waals surface area contributed by atoms with Gasteiger partial charge in [-0.2, -0.15) is 5.10 Å². The fourth-order valence-electron chi connectivity index (χ4n) is 2.93. The van der Waals surface area contributed by atoms with Gasteiger partial charge in [-0.3, -0.25) is 9.58 Å². The van der Waals surface area contributed by atoms with Gasteiger partial charge in [-0.25, -0.2) is 0 Å². The average Bonchev–Trinajstić information content (AvgIpc) is 2.72. The molecule has 4 heteroatoms. The zero-order valence-electron chi connectivity index (χ0n) is 11.7. The Bertz CT molecular complexity index is 575. The molecular formula is C15H22N4. The van der Waals surface area contributed by atoms with Crippen LogP contribution in [0.25, 0.3) is 10.9 Å². The highest BCUT2D eigenvalue weighted by Crippen LogP contribution is 2.22. The number of fused-ring (bicyclic) bond motifs is 1. The molecule has 0 spiro atoms. The first-order valence-corrected chi connectivity index (χ1v) is 7.03. The lowest BCUT2D eigenvalue weighted by molar-refractivity contribution is 0.161. The SMILES string of the molecule is CC1CCN(Cc2nn(C)c3ccccc23)CC1N. The highest BCUT2D eigenvalue weighted by Gasteiger charge is 2.24. The molecule has 1 aliphatic heterocycles. The summed E-state index contributed by atoms with van der Waals surface area (Å²) in [4.78, 5) is 2.43. The predicted octanol–water partition coefficient (Wildman–Crippen LogP) is 1.74. The molecular weight excluding hydrogens is 236 g/mol. The summed E-state index contributed by atoms with van der Waals surface area (Å²) in [5, 5.41) is 5.92. The number of piperidine rings is 1. The minimum Gasteiger partial charge on any atom is -0.326 e. The molecule has 2 atom stereocenters. The van der Waals surface area contributed by atoms with Gasteiger partial charge in [0.2, 0.25) is 0 Å². The van der Waals surface area contributed by atoms with Crippen LogP contribution in [-0.2, 0) is 13.6 Å². The van der Waals surface area contributed by atoms with Gasteiger partial charge in [-0.15, -0.1) is 0 Å². The van der Waals surface area contributed by atoms with E-state index in [4.69, 9.17) is 5.73 Å². The summed E-state index contributed by atoms with van der Waals surface area (Å²) < 4.78 is 1.97. The lowest BCUT2D eigenvalue weighted by Crippen LogP contribution is -2.47. The molecule has 2 unspecified atom stereocenters. The maximum atomic E-state index is 6.17. The van der Waals surface area contributed by atoms with Crippen LogP contribution >= 0.6 is 0 Å². The van der Waals surface area contributed by atoms with Crippen molar-refractivity contribution in [1.29, 1.82) is 0 Å². The quantitative estimate of drug-likeness (QED) is 0.892. The normalized spacial score (nSPS) is 25.0. The van der Waals surface area contributed by atoms with Gasteiger partial charge < -0.3 is 5.73 Å². The highest BCUT2D eigenvalue weighted by atomic mass is 15.3. The monoisotopic (exact) mass is 258 g/mol. The molecule has 2 heterocycles. The smallest absolute Gasteiger partial charge is 0.0843 e. The van der Waals surface area contributed by atoms with E-state index in [0.29, 0.717) is 12.0 Å². The molecule has 0 radical (unpaired) electrons. The Balaban J connectivity index is 1.82. The van der Waals surface area contributed by atoms with E-state index in [1.165, 1.54) is 23.0 Å². The first kappa shape index (κ1) is 12.6. The van der Waals surface area contributed by atoms with E-state index in [0.717, 1.165) is 19.6 Å². The number of hydrogen-bond donors (Lipinski definition) is 1. The highest BCUT2D eigenvalue weighted by molar-refractivity contribution is 5.81. The van der Waals surface area contributed by atoms with Crippen molar-refractivity contribution in [3.05, 3.63) is 30.0 Å². The molecule has 1 aromatic heterocycles. The number of aryl methyl sites for hydroxylation is 1. The van der Waals surface area contributed by atoms with Crippen LogP contribution in [-0.4, -0.2) is 33.8 Å². The molecule has 0 saturated carbocycles. The molecule has 2 aromatic rings. The van der Waals surface area contributed by atoms with Crippen molar-refractivity contribution < 1.29 is 0 Å². The van der Waals surface area contributed by atoms with Gasteiger partial charge in [0.15, 0.2) is 0 Å². The van der Waals surface area contributed by atoms with Gasteiger partial charge in [0, 0.05) is 31.6 Å². The van der Waals surface area contributed by atoms with Crippen LogP contribution < -0.4 is 5.73 Å². The third-order valence-corrected chi connectivity index (χ3v) is 4.31. The van der Waals surface area contributed by atoms with Gasteiger partial charge in [-0.1, -0.05) is 25.1 Å². The third kappa shape index (κ3) is 2.38. The zero-order valence-corrected chi connectivity index (χ0v) is 11.7.